The van der Waals surface area contributed by atoms with Crippen LogP contribution in [0, 0.1) is 5.92 Å². The van der Waals surface area contributed by atoms with Gasteiger partial charge in [-0.3, -0.25) is 9.59 Å². The second-order valence-electron chi connectivity index (χ2n) is 14.2. The predicted molar refractivity (Wildman–Crippen MR) is 159 cm³/mol. The molecule has 0 spiro atoms. The molecule has 3 heterocycles. The molecule has 3 rings (SSSR count). The second-order valence-corrected chi connectivity index (χ2v) is 14.2. The summed E-state index contributed by atoms with van der Waals surface area (Å²) in [4.78, 5) is 22.9. The molecule has 3 saturated heterocycles. The quantitative estimate of drug-likeness (QED) is 0.159. The zero-order chi connectivity index (χ0) is 31.5. The fourth-order valence-corrected chi connectivity index (χ4v) is 7.01. The van der Waals surface area contributed by atoms with Gasteiger partial charge in [-0.2, -0.15) is 0 Å². The normalized spacial score (nSPS) is 36.4. The van der Waals surface area contributed by atoms with Gasteiger partial charge in [0, 0.05) is 6.92 Å². The van der Waals surface area contributed by atoms with Gasteiger partial charge in [-0.25, -0.2) is 0 Å². The van der Waals surface area contributed by atoms with Crippen LogP contribution in [0.25, 0.3) is 0 Å². The lowest BCUT2D eigenvalue weighted by Gasteiger charge is -2.54. The lowest BCUT2D eigenvalue weighted by atomic mass is 9.76. The third-order valence-corrected chi connectivity index (χ3v) is 10.4. The molecule has 5 unspecified atom stereocenters. The van der Waals surface area contributed by atoms with Gasteiger partial charge in [0.1, 0.15) is 11.7 Å². The molecule has 3 fully saturated rings. The highest BCUT2D eigenvalue weighted by Crippen LogP contribution is 2.49. The fraction of sp³-hybridized carbons (Fsp3) is 0.879. The van der Waals surface area contributed by atoms with Crippen molar-refractivity contribution < 1.29 is 43.5 Å². The minimum atomic E-state index is -1.06. The monoisotopic (exact) mass is 596 g/mol. The summed E-state index contributed by atoms with van der Waals surface area (Å²) < 4.78 is 31.1. The Morgan fingerprint density at radius 2 is 1.60 bits per heavy atom. The first-order valence-corrected chi connectivity index (χ1v) is 15.8. The van der Waals surface area contributed by atoms with Crippen LogP contribution < -0.4 is 0 Å². The number of hydrogen-bond acceptors (Lipinski definition) is 9. The van der Waals surface area contributed by atoms with E-state index in [0.717, 1.165) is 32.1 Å². The van der Waals surface area contributed by atoms with E-state index in [1.54, 1.807) is 13.8 Å². The SMILES string of the molecule is C=C(C)C(O)CCC(C)(O)[C@@H]1CC[C@@](C)([C@H]2CC[C@H]3O[C@@H](C(C)(CCC(C)C(C)OC=O)OC(C)=O)CC[C@]3(C)O2)O1. The summed E-state index contributed by atoms with van der Waals surface area (Å²) in [6.07, 6.45) is 4.89. The smallest absolute Gasteiger partial charge is 0.303 e. The first-order valence-electron chi connectivity index (χ1n) is 15.8. The van der Waals surface area contributed by atoms with Crippen molar-refractivity contribution in [1.29, 1.82) is 0 Å². The molecule has 0 radical (unpaired) electrons. The lowest BCUT2D eigenvalue weighted by molar-refractivity contribution is -0.291. The number of esters is 1. The Labute approximate surface area is 252 Å². The van der Waals surface area contributed by atoms with Crippen LogP contribution in [-0.2, 0) is 33.3 Å². The zero-order valence-electron chi connectivity index (χ0n) is 27.1. The number of rotatable bonds is 14. The van der Waals surface area contributed by atoms with Crippen molar-refractivity contribution in [1.82, 2.24) is 0 Å². The van der Waals surface area contributed by atoms with Gasteiger partial charge in [0.2, 0.25) is 0 Å². The van der Waals surface area contributed by atoms with Crippen LogP contribution in [0.4, 0.5) is 0 Å². The van der Waals surface area contributed by atoms with Crippen molar-refractivity contribution in [3.63, 3.8) is 0 Å². The molecule has 9 nitrogen and oxygen atoms in total. The molecule has 0 bridgehead atoms. The molecule has 0 aromatic carbocycles. The van der Waals surface area contributed by atoms with E-state index in [1.807, 2.05) is 20.8 Å². The van der Waals surface area contributed by atoms with Crippen molar-refractivity contribution in [2.75, 3.05) is 0 Å². The Hall–Kier alpha value is -1.52. The van der Waals surface area contributed by atoms with Gasteiger partial charge < -0.3 is 33.9 Å². The summed E-state index contributed by atoms with van der Waals surface area (Å²) in [5.41, 5.74) is -2.22. The molecule has 0 aromatic rings. The summed E-state index contributed by atoms with van der Waals surface area (Å²) in [6, 6.07) is 0. The Morgan fingerprint density at radius 3 is 2.19 bits per heavy atom. The van der Waals surface area contributed by atoms with Gasteiger partial charge in [0.15, 0.2) is 0 Å². The summed E-state index contributed by atoms with van der Waals surface area (Å²) in [5.74, 6) is -0.240. The molecule has 0 aromatic heterocycles. The number of fused-ring (bicyclic) bond motifs is 1. The minimum absolute atomic E-state index is 0.102. The van der Waals surface area contributed by atoms with Crippen molar-refractivity contribution in [3.05, 3.63) is 12.2 Å². The fourth-order valence-electron chi connectivity index (χ4n) is 7.01. The molecule has 3 aliphatic rings. The maximum absolute atomic E-state index is 12.1. The molecule has 3 aliphatic heterocycles. The molecule has 242 valence electrons. The predicted octanol–water partition coefficient (Wildman–Crippen LogP) is 5.18. The van der Waals surface area contributed by atoms with Gasteiger partial charge in [0.05, 0.1) is 47.3 Å². The topological polar surface area (TPSA) is 121 Å². The van der Waals surface area contributed by atoms with Crippen molar-refractivity contribution >= 4 is 12.4 Å². The van der Waals surface area contributed by atoms with Gasteiger partial charge in [-0.05, 0) is 112 Å². The number of carbonyl (C=O) groups is 2. The lowest BCUT2D eigenvalue weighted by Crippen LogP contribution is -2.62. The van der Waals surface area contributed by atoms with E-state index in [4.69, 9.17) is 23.7 Å². The standard InChI is InChI=1S/C33H56O9/c1-21(2)25(36)13-16-30(6,37)26-14-18-33(9,41-26)29-11-10-27-32(8,42-29)19-15-28(39-27)31(7,40-24(5)35)17-12-22(3)23(4)38-20-34/h20,22-23,25-29,36-37H,1,10-19H2,2-9H3/t22?,23?,25?,26-,27+,28+,29+,30?,31?,32-,33-/m0/s1. The maximum Gasteiger partial charge on any atom is 0.303 e. The highest BCUT2D eigenvalue weighted by molar-refractivity contribution is 5.66. The highest BCUT2D eigenvalue weighted by atomic mass is 16.6. The second kappa shape index (κ2) is 13.6. The van der Waals surface area contributed by atoms with Crippen LogP contribution in [0.2, 0.25) is 0 Å². The van der Waals surface area contributed by atoms with Gasteiger partial charge >= 0.3 is 5.97 Å². The van der Waals surface area contributed by atoms with Crippen LogP contribution in [0.1, 0.15) is 120 Å². The summed E-state index contributed by atoms with van der Waals surface area (Å²) in [7, 11) is 0. The average Bonchev–Trinajstić information content (AvgIpc) is 3.33. The van der Waals surface area contributed by atoms with Crippen molar-refractivity contribution in [3.8, 4) is 0 Å². The molecule has 0 amide bonds. The third kappa shape index (κ3) is 8.14. The van der Waals surface area contributed by atoms with E-state index in [-0.39, 0.29) is 42.4 Å². The molecular formula is C33H56O9. The zero-order valence-corrected chi connectivity index (χ0v) is 27.1. The highest BCUT2D eigenvalue weighted by Gasteiger charge is 2.56. The van der Waals surface area contributed by atoms with E-state index in [0.29, 0.717) is 44.1 Å². The number of aliphatic hydroxyl groups excluding tert-OH is 1. The van der Waals surface area contributed by atoms with E-state index in [2.05, 4.69) is 20.4 Å². The van der Waals surface area contributed by atoms with E-state index in [1.165, 1.54) is 6.92 Å². The maximum atomic E-state index is 12.1. The van der Waals surface area contributed by atoms with E-state index < -0.39 is 28.5 Å². The summed E-state index contributed by atoms with van der Waals surface area (Å²) in [5, 5.41) is 21.4. The van der Waals surface area contributed by atoms with Crippen LogP contribution in [0.5, 0.6) is 0 Å². The number of ether oxygens (including phenoxy) is 5. The molecule has 0 aliphatic carbocycles. The first-order chi connectivity index (χ1) is 19.4. The minimum Gasteiger partial charge on any atom is -0.465 e. The van der Waals surface area contributed by atoms with E-state index >= 15 is 0 Å². The number of aliphatic hydroxyl groups is 2. The van der Waals surface area contributed by atoms with Crippen molar-refractivity contribution in [2.45, 2.75) is 179 Å². The third-order valence-electron chi connectivity index (χ3n) is 10.4. The van der Waals surface area contributed by atoms with Crippen LogP contribution in [0.3, 0.4) is 0 Å². The van der Waals surface area contributed by atoms with Gasteiger partial charge in [-0.15, -0.1) is 0 Å². The molecular weight excluding hydrogens is 540 g/mol. The van der Waals surface area contributed by atoms with Crippen LogP contribution >= 0.6 is 0 Å². The largest absolute Gasteiger partial charge is 0.465 e. The molecule has 0 saturated carbocycles. The summed E-state index contributed by atoms with van der Waals surface area (Å²) in [6.45, 7) is 19.3. The van der Waals surface area contributed by atoms with Gasteiger partial charge in [0.25, 0.3) is 6.47 Å². The van der Waals surface area contributed by atoms with Gasteiger partial charge in [-0.1, -0.05) is 19.1 Å². The molecule has 2 N–H and O–H groups in total. The Kier molecular flexibility index (Phi) is 11.4. The summed E-state index contributed by atoms with van der Waals surface area (Å²) >= 11 is 0. The Balaban J connectivity index is 1.63. The van der Waals surface area contributed by atoms with E-state index in [9.17, 15) is 19.8 Å². The Bertz CT molecular complexity index is 952. The van der Waals surface area contributed by atoms with Crippen LogP contribution in [-0.4, -0.2) is 81.7 Å². The molecule has 11 atom stereocenters. The number of carbonyl (C=O) groups excluding carboxylic acids is 2. The average molecular weight is 597 g/mol. The first kappa shape index (κ1) is 35.0. The van der Waals surface area contributed by atoms with Crippen LogP contribution in [0.15, 0.2) is 12.2 Å². The van der Waals surface area contributed by atoms with Crippen molar-refractivity contribution in [2.24, 2.45) is 5.92 Å². The molecule has 42 heavy (non-hydrogen) atoms. The number of hydrogen-bond donors (Lipinski definition) is 2. The Morgan fingerprint density at radius 1 is 1.00 bits per heavy atom. The molecule has 9 heteroatoms.